The van der Waals surface area contributed by atoms with Crippen LogP contribution in [0.5, 0.6) is 0 Å². The molecule has 1 aliphatic rings. The molecule has 2 aromatic carbocycles. The molecule has 152 valence electrons. The van der Waals surface area contributed by atoms with Crippen LogP contribution in [0.2, 0.25) is 0 Å². The molecule has 1 aliphatic carbocycles. The van der Waals surface area contributed by atoms with Gasteiger partial charge in [0.1, 0.15) is 29.9 Å². The Morgan fingerprint density at radius 1 is 0.897 bits per heavy atom. The average molecular weight is 397 g/mol. The average Bonchev–Trinajstić information content (AvgIpc) is 2.73. The lowest BCUT2D eigenvalue weighted by atomic mass is 9.78. The molecular formula is C25H26F3N. The lowest BCUT2D eigenvalue weighted by Gasteiger charge is -2.28. The summed E-state index contributed by atoms with van der Waals surface area (Å²) in [4.78, 5) is 0. The van der Waals surface area contributed by atoms with Crippen molar-refractivity contribution in [3.05, 3.63) is 71.3 Å². The molecule has 29 heavy (non-hydrogen) atoms. The first-order chi connectivity index (χ1) is 14.1. The monoisotopic (exact) mass is 397 g/mol. The summed E-state index contributed by atoms with van der Waals surface area (Å²) >= 11 is 0. The molecule has 3 rings (SSSR count). The predicted molar refractivity (Wildman–Crippen MR) is 110 cm³/mol. The van der Waals surface area contributed by atoms with Gasteiger partial charge in [0.05, 0.1) is 0 Å². The summed E-state index contributed by atoms with van der Waals surface area (Å²) in [5.41, 5.74) is 1.85. The summed E-state index contributed by atoms with van der Waals surface area (Å²) in [5.74, 6) is -0.232. The van der Waals surface area contributed by atoms with Gasteiger partial charge >= 0.3 is 0 Å². The number of hydrogen-bond acceptors (Lipinski definition) is 1. The maximum Gasteiger partial charge on any atom is 0.144 e. The molecule has 1 nitrogen and oxygen atoms in total. The van der Waals surface area contributed by atoms with Crippen molar-refractivity contribution >= 4 is 0 Å². The van der Waals surface area contributed by atoms with Gasteiger partial charge in [-0.15, -0.1) is 0 Å². The van der Waals surface area contributed by atoms with Crippen LogP contribution in [0.25, 0.3) is 11.1 Å². The van der Waals surface area contributed by atoms with Crippen molar-refractivity contribution < 1.29 is 13.2 Å². The number of aryl methyl sites for hydroxylation is 1. The molecule has 0 saturated heterocycles. The van der Waals surface area contributed by atoms with Crippen molar-refractivity contribution in [1.82, 2.24) is 0 Å². The van der Waals surface area contributed by atoms with Crippen LogP contribution in [0, 0.1) is 34.8 Å². The molecule has 1 fully saturated rings. The number of benzene rings is 2. The molecule has 0 aliphatic heterocycles. The van der Waals surface area contributed by atoms with Crippen LogP contribution in [-0.4, -0.2) is 6.67 Å². The van der Waals surface area contributed by atoms with E-state index in [1.54, 1.807) is 12.1 Å². The van der Waals surface area contributed by atoms with Crippen molar-refractivity contribution in [2.24, 2.45) is 11.8 Å². The highest BCUT2D eigenvalue weighted by molar-refractivity contribution is 5.65. The summed E-state index contributed by atoms with van der Waals surface area (Å²) in [6, 6.07) is 11.7. The van der Waals surface area contributed by atoms with Crippen LogP contribution >= 0.6 is 0 Å². The smallest absolute Gasteiger partial charge is 0.144 e. The minimum atomic E-state index is -0.831. The molecule has 0 aromatic heterocycles. The summed E-state index contributed by atoms with van der Waals surface area (Å²) in [6.07, 6.45) is 11.6. The van der Waals surface area contributed by atoms with E-state index in [0.717, 1.165) is 30.7 Å². The van der Waals surface area contributed by atoms with Gasteiger partial charge in [0, 0.05) is 0 Å². The van der Waals surface area contributed by atoms with Crippen molar-refractivity contribution in [3.63, 3.8) is 0 Å². The second-order valence-corrected chi connectivity index (χ2v) is 7.91. The normalized spacial score (nSPS) is 19.4. The minimum Gasteiger partial charge on any atom is -0.247 e. The maximum atomic E-state index is 13.8. The number of rotatable bonds is 7. The van der Waals surface area contributed by atoms with E-state index in [2.05, 4.69) is 0 Å². The molecule has 0 heterocycles. The van der Waals surface area contributed by atoms with Gasteiger partial charge in [-0.1, -0.05) is 49.3 Å². The van der Waals surface area contributed by atoms with Crippen LogP contribution in [0.1, 0.15) is 49.7 Å². The number of nitrogens with zero attached hydrogens (tertiary/aromatic N) is 1. The molecular weight excluding hydrogens is 371 g/mol. The third-order valence-electron chi connectivity index (χ3n) is 5.97. The van der Waals surface area contributed by atoms with Crippen molar-refractivity contribution in [2.75, 3.05) is 6.67 Å². The lowest BCUT2D eigenvalue weighted by molar-refractivity contribution is 0.265. The Labute approximate surface area is 170 Å². The fourth-order valence-corrected chi connectivity index (χ4v) is 4.19. The molecule has 2 aromatic rings. The zero-order chi connectivity index (χ0) is 20.6. The molecule has 0 unspecified atom stereocenters. The Morgan fingerprint density at radius 3 is 2.10 bits per heavy atom. The Morgan fingerprint density at radius 2 is 1.52 bits per heavy atom. The van der Waals surface area contributed by atoms with Crippen LogP contribution in [0.3, 0.4) is 0 Å². The Kier molecular flexibility index (Phi) is 7.52. The second-order valence-electron chi connectivity index (χ2n) is 7.91. The van der Waals surface area contributed by atoms with Gasteiger partial charge in [-0.3, -0.25) is 0 Å². The lowest BCUT2D eigenvalue weighted by Crippen LogP contribution is -2.14. The molecule has 0 spiro atoms. The molecule has 0 radical (unpaired) electrons. The highest BCUT2D eigenvalue weighted by atomic mass is 19.1. The SMILES string of the molecule is N#Cc1c(F)cc(-c2ccc(CCC3CCC(C/C=C/CF)CC3)cc2)cc1F. The van der Waals surface area contributed by atoms with E-state index in [9.17, 15) is 13.2 Å². The van der Waals surface area contributed by atoms with Gasteiger partial charge in [-0.05, 0) is 72.8 Å². The van der Waals surface area contributed by atoms with Crippen LogP contribution < -0.4 is 0 Å². The first kappa shape index (κ1) is 21.2. The van der Waals surface area contributed by atoms with E-state index < -0.39 is 17.2 Å². The van der Waals surface area contributed by atoms with Gasteiger partial charge in [0.25, 0.3) is 0 Å². The number of allylic oxidation sites excluding steroid dienone is 2. The van der Waals surface area contributed by atoms with Gasteiger partial charge in [-0.2, -0.15) is 5.26 Å². The highest BCUT2D eigenvalue weighted by Gasteiger charge is 2.20. The van der Waals surface area contributed by atoms with Crippen molar-refractivity contribution in [2.45, 2.75) is 44.9 Å². The summed E-state index contributed by atoms with van der Waals surface area (Å²) in [5, 5.41) is 8.78. The van der Waals surface area contributed by atoms with E-state index in [1.165, 1.54) is 43.4 Å². The van der Waals surface area contributed by atoms with Gasteiger partial charge in [0.2, 0.25) is 0 Å². The van der Waals surface area contributed by atoms with Crippen LogP contribution in [0.15, 0.2) is 48.6 Å². The fraction of sp³-hybridized carbons (Fsp3) is 0.400. The third kappa shape index (κ3) is 5.73. The zero-order valence-electron chi connectivity index (χ0n) is 16.5. The van der Waals surface area contributed by atoms with E-state index in [4.69, 9.17) is 5.26 Å². The quantitative estimate of drug-likeness (QED) is 0.455. The summed E-state index contributed by atoms with van der Waals surface area (Å²) in [7, 11) is 0. The van der Waals surface area contributed by atoms with Crippen LogP contribution in [-0.2, 0) is 6.42 Å². The van der Waals surface area contributed by atoms with E-state index in [-0.39, 0.29) is 6.67 Å². The number of nitriles is 1. The topological polar surface area (TPSA) is 23.8 Å². The molecule has 0 atom stereocenters. The fourth-order valence-electron chi connectivity index (χ4n) is 4.19. The Balaban J connectivity index is 1.52. The van der Waals surface area contributed by atoms with E-state index >= 15 is 0 Å². The predicted octanol–water partition coefficient (Wildman–Crippen LogP) is 7.16. The third-order valence-corrected chi connectivity index (χ3v) is 5.97. The standard InChI is InChI=1S/C25H26F3N/c26-14-2-1-3-18-4-6-19(7-5-18)8-9-20-10-12-21(13-11-20)22-15-24(27)23(17-29)25(28)16-22/h1-2,10-13,15-16,18-19H,3-9,14H2/b2-1+. The Hall–Kier alpha value is -2.54. The summed E-state index contributed by atoms with van der Waals surface area (Å²) < 4.78 is 39.8. The van der Waals surface area contributed by atoms with Crippen LogP contribution in [0.4, 0.5) is 13.2 Å². The molecule has 4 heteroatoms. The Bertz CT molecular complexity index is 849. The maximum absolute atomic E-state index is 13.8. The molecule has 0 bridgehead atoms. The first-order valence-corrected chi connectivity index (χ1v) is 10.3. The van der Waals surface area contributed by atoms with Gasteiger partial charge in [-0.25, -0.2) is 13.2 Å². The molecule has 0 amide bonds. The zero-order valence-corrected chi connectivity index (χ0v) is 16.5. The number of halogens is 3. The highest BCUT2D eigenvalue weighted by Crippen LogP contribution is 2.33. The summed E-state index contributed by atoms with van der Waals surface area (Å²) in [6.45, 7) is -0.372. The molecule has 1 saturated carbocycles. The minimum absolute atomic E-state index is 0.372. The first-order valence-electron chi connectivity index (χ1n) is 10.3. The van der Waals surface area contributed by atoms with E-state index in [1.807, 2.05) is 30.3 Å². The largest absolute Gasteiger partial charge is 0.247 e. The van der Waals surface area contributed by atoms with Gasteiger partial charge in [0.15, 0.2) is 0 Å². The van der Waals surface area contributed by atoms with Gasteiger partial charge < -0.3 is 0 Å². The van der Waals surface area contributed by atoms with Crippen molar-refractivity contribution in [1.29, 1.82) is 5.26 Å². The number of alkyl halides is 1. The van der Waals surface area contributed by atoms with E-state index in [0.29, 0.717) is 11.5 Å². The van der Waals surface area contributed by atoms with Crippen molar-refractivity contribution in [3.8, 4) is 17.2 Å². The number of hydrogen-bond donors (Lipinski definition) is 0. The second kappa shape index (κ2) is 10.3. The molecule has 0 N–H and O–H groups in total.